The number of hydrogen-bond acceptors (Lipinski definition) is 1. The Labute approximate surface area is 113 Å². The molecule has 2 aromatic rings. The van der Waals surface area contributed by atoms with Crippen molar-refractivity contribution in [2.45, 2.75) is 13.5 Å². The molecule has 3 nitrogen and oxygen atoms in total. The molecular formula is C16H18N2O. The van der Waals surface area contributed by atoms with Crippen LogP contribution in [-0.2, 0) is 6.54 Å². The molecule has 0 heterocycles. The van der Waals surface area contributed by atoms with E-state index >= 15 is 0 Å². The summed E-state index contributed by atoms with van der Waals surface area (Å²) < 4.78 is 0. The zero-order chi connectivity index (χ0) is 13.7. The molecule has 0 atom stereocenters. The van der Waals surface area contributed by atoms with Crippen molar-refractivity contribution in [3.63, 3.8) is 0 Å². The van der Waals surface area contributed by atoms with Crippen LogP contribution in [0.25, 0.3) is 0 Å². The van der Waals surface area contributed by atoms with Crippen molar-refractivity contribution >= 4 is 11.7 Å². The predicted octanol–water partition coefficient (Wildman–Crippen LogP) is 3.34. The molecule has 0 unspecified atom stereocenters. The largest absolute Gasteiger partial charge is 0.341 e. The molecule has 19 heavy (non-hydrogen) atoms. The molecule has 0 bridgehead atoms. The number of hydrogen-bond donors (Lipinski definition) is 1. The van der Waals surface area contributed by atoms with Crippen LogP contribution in [0.1, 0.15) is 11.1 Å². The normalized spacial score (nSPS) is 10.0. The van der Waals surface area contributed by atoms with Crippen molar-refractivity contribution in [3.8, 4) is 0 Å². The summed E-state index contributed by atoms with van der Waals surface area (Å²) in [5.41, 5.74) is 3.18. The molecule has 0 aliphatic heterocycles. The van der Waals surface area contributed by atoms with E-state index < -0.39 is 0 Å². The maximum Gasteiger partial charge on any atom is 0.321 e. The van der Waals surface area contributed by atoms with Gasteiger partial charge in [0, 0.05) is 12.7 Å². The van der Waals surface area contributed by atoms with Crippen LogP contribution < -0.4 is 10.2 Å². The lowest BCUT2D eigenvalue weighted by atomic mass is 10.2. The van der Waals surface area contributed by atoms with Crippen LogP contribution >= 0.6 is 0 Å². The highest BCUT2D eigenvalue weighted by Gasteiger charge is 2.14. The first kappa shape index (κ1) is 13.1. The molecule has 0 saturated heterocycles. The Bertz CT molecular complexity index is 534. The summed E-state index contributed by atoms with van der Waals surface area (Å²) in [4.78, 5) is 13.7. The number of benzene rings is 2. The van der Waals surface area contributed by atoms with Gasteiger partial charge in [-0.3, -0.25) is 4.90 Å². The molecule has 0 aliphatic rings. The lowest BCUT2D eigenvalue weighted by Crippen LogP contribution is -2.37. The zero-order valence-corrected chi connectivity index (χ0v) is 11.3. The summed E-state index contributed by atoms with van der Waals surface area (Å²) >= 11 is 0. The summed E-state index contributed by atoms with van der Waals surface area (Å²) in [5.74, 6) is 0. The highest BCUT2D eigenvalue weighted by molar-refractivity contribution is 5.91. The van der Waals surface area contributed by atoms with Crippen LogP contribution in [0.2, 0.25) is 0 Å². The average molecular weight is 254 g/mol. The van der Waals surface area contributed by atoms with Crippen LogP contribution in [0, 0.1) is 6.92 Å². The molecule has 2 amide bonds. The van der Waals surface area contributed by atoms with Gasteiger partial charge in [-0.15, -0.1) is 0 Å². The Balaban J connectivity index is 2.26. The fourth-order valence-electron chi connectivity index (χ4n) is 1.91. The Morgan fingerprint density at radius 3 is 2.26 bits per heavy atom. The van der Waals surface area contributed by atoms with Gasteiger partial charge in [-0.25, -0.2) is 4.79 Å². The van der Waals surface area contributed by atoms with Crippen LogP contribution in [0.3, 0.4) is 0 Å². The van der Waals surface area contributed by atoms with Gasteiger partial charge in [-0.1, -0.05) is 48.0 Å². The van der Waals surface area contributed by atoms with Gasteiger partial charge in [-0.2, -0.15) is 0 Å². The molecule has 0 radical (unpaired) electrons. The monoisotopic (exact) mass is 254 g/mol. The molecule has 0 fully saturated rings. The fourth-order valence-corrected chi connectivity index (χ4v) is 1.91. The number of urea groups is 1. The summed E-state index contributed by atoms with van der Waals surface area (Å²) in [5, 5.41) is 2.69. The molecule has 0 aliphatic carbocycles. The van der Waals surface area contributed by atoms with E-state index in [1.165, 1.54) is 5.56 Å². The summed E-state index contributed by atoms with van der Waals surface area (Å²) in [6.45, 7) is 2.59. The van der Waals surface area contributed by atoms with Gasteiger partial charge in [0.25, 0.3) is 0 Å². The van der Waals surface area contributed by atoms with Crippen molar-refractivity contribution in [1.29, 1.82) is 0 Å². The van der Waals surface area contributed by atoms with Gasteiger partial charge >= 0.3 is 6.03 Å². The van der Waals surface area contributed by atoms with Gasteiger partial charge in [-0.05, 0) is 24.6 Å². The maximum absolute atomic E-state index is 12.0. The standard InChI is InChI=1S/C16H18N2O/c1-13-8-10-15(11-9-13)18(16(19)17-2)12-14-6-4-3-5-7-14/h3-11H,12H2,1-2H3,(H,17,19). The Morgan fingerprint density at radius 2 is 1.68 bits per heavy atom. The second-order valence-corrected chi connectivity index (χ2v) is 4.46. The molecular weight excluding hydrogens is 236 g/mol. The quantitative estimate of drug-likeness (QED) is 0.895. The SMILES string of the molecule is CNC(=O)N(Cc1ccccc1)c1ccc(C)cc1. The average Bonchev–Trinajstić information content (AvgIpc) is 2.46. The van der Waals surface area contributed by atoms with Gasteiger partial charge in [0.2, 0.25) is 0 Å². The second-order valence-electron chi connectivity index (χ2n) is 4.46. The van der Waals surface area contributed by atoms with Gasteiger partial charge in [0.1, 0.15) is 0 Å². The number of carbonyl (C=O) groups excluding carboxylic acids is 1. The third-order valence-electron chi connectivity index (χ3n) is 2.99. The van der Waals surface area contributed by atoms with Crippen LogP contribution in [-0.4, -0.2) is 13.1 Å². The summed E-state index contributed by atoms with van der Waals surface area (Å²) in [6, 6.07) is 17.8. The van der Waals surface area contributed by atoms with Crippen LogP contribution in [0.15, 0.2) is 54.6 Å². The van der Waals surface area contributed by atoms with Crippen molar-refractivity contribution in [2.24, 2.45) is 0 Å². The Kier molecular flexibility index (Phi) is 4.18. The highest BCUT2D eigenvalue weighted by Crippen LogP contribution is 2.18. The van der Waals surface area contributed by atoms with Crippen LogP contribution in [0.4, 0.5) is 10.5 Å². The van der Waals surface area contributed by atoms with Crippen molar-refractivity contribution in [1.82, 2.24) is 5.32 Å². The van der Waals surface area contributed by atoms with E-state index in [9.17, 15) is 4.79 Å². The van der Waals surface area contributed by atoms with E-state index in [0.717, 1.165) is 11.3 Å². The summed E-state index contributed by atoms with van der Waals surface area (Å²) in [6.07, 6.45) is 0. The number of nitrogens with zero attached hydrogens (tertiary/aromatic N) is 1. The van der Waals surface area contributed by atoms with Crippen molar-refractivity contribution in [3.05, 3.63) is 65.7 Å². The minimum absolute atomic E-state index is 0.104. The highest BCUT2D eigenvalue weighted by atomic mass is 16.2. The Morgan fingerprint density at radius 1 is 1.05 bits per heavy atom. The van der Waals surface area contributed by atoms with E-state index in [0.29, 0.717) is 6.54 Å². The molecule has 98 valence electrons. The second kappa shape index (κ2) is 6.05. The van der Waals surface area contributed by atoms with E-state index in [2.05, 4.69) is 5.32 Å². The molecule has 1 N–H and O–H groups in total. The molecule has 3 heteroatoms. The molecule has 0 aromatic heterocycles. The number of carbonyl (C=O) groups is 1. The maximum atomic E-state index is 12.0. The topological polar surface area (TPSA) is 32.3 Å². The number of aryl methyl sites for hydroxylation is 1. The summed E-state index contributed by atoms with van der Waals surface area (Å²) in [7, 11) is 1.65. The first-order valence-corrected chi connectivity index (χ1v) is 6.30. The first-order chi connectivity index (χ1) is 9.20. The van der Waals surface area contributed by atoms with E-state index in [-0.39, 0.29) is 6.03 Å². The van der Waals surface area contributed by atoms with Gasteiger partial charge in [0.15, 0.2) is 0 Å². The van der Waals surface area contributed by atoms with Gasteiger partial charge < -0.3 is 5.32 Å². The Hall–Kier alpha value is -2.29. The molecule has 2 rings (SSSR count). The number of anilines is 1. The third-order valence-corrected chi connectivity index (χ3v) is 2.99. The third kappa shape index (κ3) is 3.35. The van der Waals surface area contributed by atoms with Crippen molar-refractivity contribution < 1.29 is 4.79 Å². The minimum Gasteiger partial charge on any atom is -0.341 e. The van der Waals surface area contributed by atoms with E-state index in [1.807, 2.05) is 61.5 Å². The fraction of sp³-hybridized carbons (Fsp3) is 0.188. The lowest BCUT2D eigenvalue weighted by Gasteiger charge is -2.22. The number of rotatable bonds is 3. The van der Waals surface area contributed by atoms with Crippen molar-refractivity contribution in [2.75, 3.05) is 11.9 Å². The van der Waals surface area contributed by atoms with Crippen LogP contribution in [0.5, 0.6) is 0 Å². The van der Waals surface area contributed by atoms with E-state index in [1.54, 1.807) is 11.9 Å². The molecule has 2 aromatic carbocycles. The zero-order valence-electron chi connectivity index (χ0n) is 11.3. The molecule has 0 spiro atoms. The predicted molar refractivity (Wildman–Crippen MR) is 78.3 cm³/mol. The van der Waals surface area contributed by atoms with E-state index in [4.69, 9.17) is 0 Å². The lowest BCUT2D eigenvalue weighted by molar-refractivity contribution is 0.248. The number of nitrogens with one attached hydrogen (secondary N) is 1. The minimum atomic E-state index is -0.104. The first-order valence-electron chi connectivity index (χ1n) is 6.30. The smallest absolute Gasteiger partial charge is 0.321 e. The van der Waals surface area contributed by atoms with Gasteiger partial charge in [0.05, 0.1) is 6.54 Å². The molecule has 0 saturated carbocycles. The number of amides is 2.